The fourth-order valence-electron chi connectivity index (χ4n) is 7.83. The Bertz CT molecular complexity index is 2350. The number of rotatable bonds is 14. The van der Waals surface area contributed by atoms with Crippen molar-refractivity contribution in [2.24, 2.45) is 9.98 Å². The number of nitrogens with one attached hydrogen (secondary N) is 1. The van der Waals surface area contributed by atoms with Crippen molar-refractivity contribution in [2.75, 3.05) is 48.8 Å². The molecule has 0 aromatic heterocycles. The van der Waals surface area contributed by atoms with Crippen molar-refractivity contribution in [1.29, 1.82) is 0 Å². The summed E-state index contributed by atoms with van der Waals surface area (Å²) in [5.74, 6) is 1.38. The van der Waals surface area contributed by atoms with Crippen molar-refractivity contribution in [3.8, 4) is 23.0 Å². The first-order valence-corrected chi connectivity index (χ1v) is 21.8. The van der Waals surface area contributed by atoms with Gasteiger partial charge in [-0.2, -0.15) is 0 Å². The van der Waals surface area contributed by atoms with Crippen LogP contribution in [0.2, 0.25) is 0 Å². The van der Waals surface area contributed by atoms with Gasteiger partial charge in [0.1, 0.15) is 0 Å². The molecule has 3 amide bonds. The van der Waals surface area contributed by atoms with E-state index >= 15 is 0 Å². The Morgan fingerprint density at radius 1 is 0.776 bits per heavy atom. The smallest absolute Gasteiger partial charge is 0.261 e. The van der Waals surface area contributed by atoms with Crippen molar-refractivity contribution in [2.45, 2.75) is 62.8 Å². The molecular formula is C44H45N5O7S2. The highest BCUT2D eigenvalue weighted by Crippen LogP contribution is 2.44. The first kappa shape index (κ1) is 39.4. The number of aliphatic imine (C=N–C) groups is 2. The lowest BCUT2D eigenvalue weighted by Crippen LogP contribution is -2.37. The molecule has 0 aliphatic carbocycles. The molecular weight excluding hydrogens is 775 g/mol. The number of amides is 3. The summed E-state index contributed by atoms with van der Waals surface area (Å²) in [5.41, 5.74) is 6.29. The van der Waals surface area contributed by atoms with Crippen LogP contribution in [0.25, 0.3) is 0 Å². The largest absolute Gasteiger partial charge is 0.493 e. The van der Waals surface area contributed by atoms with E-state index in [9.17, 15) is 14.4 Å². The molecule has 2 atom stereocenters. The molecule has 0 saturated carbocycles. The van der Waals surface area contributed by atoms with Crippen LogP contribution in [0.15, 0.2) is 76.7 Å². The molecule has 0 saturated heterocycles. The number of para-hydroxylation sites is 1. The normalized spacial score (nSPS) is 17.3. The van der Waals surface area contributed by atoms with Crippen molar-refractivity contribution in [3.63, 3.8) is 0 Å². The summed E-state index contributed by atoms with van der Waals surface area (Å²) in [6, 6.07) is 20.1. The maximum Gasteiger partial charge on any atom is 0.261 e. The van der Waals surface area contributed by atoms with E-state index in [1.807, 2.05) is 54.9 Å². The fourth-order valence-corrected chi connectivity index (χ4v) is 10.1. The SMILES string of the molecule is COc1cc2c(cc1OCCCOc1cc3c(cc1OC)C(=O)N1c4cc(NC(=O)CCC(C)(C)SSC)ccc4C[C@H]1C=N3)N=C[C@@H]1Cc3ccccc3N1C2=O. The molecule has 0 fully saturated rings. The zero-order chi connectivity index (χ0) is 40.6. The molecule has 1 N–H and O–H groups in total. The lowest BCUT2D eigenvalue weighted by atomic mass is 10.1. The Morgan fingerprint density at radius 3 is 1.93 bits per heavy atom. The molecule has 58 heavy (non-hydrogen) atoms. The Hall–Kier alpha value is -5.47. The van der Waals surface area contributed by atoms with Gasteiger partial charge in [0, 0.05) is 66.4 Å². The molecule has 14 heteroatoms. The van der Waals surface area contributed by atoms with Gasteiger partial charge in [0.05, 0.1) is 67.7 Å². The summed E-state index contributed by atoms with van der Waals surface area (Å²) in [5, 5.41) is 3.03. The van der Waals surface area contributed by atoms with Crippen LogP contribution in [0.5, 0.6) is 23.0 Å². The molecule has 0 bridgehead atoms. The first-order valence-electron chi connectivity index (χ1n) is 19.2. The van der Waals surface area contributed by atoms with Crippen LogP contribution in [0.3, 0.4) is 0 Å². The highest BCUT2D eigenvalue weighted by atomic mass is 33.1. The second kappa shape index (κ2) is 16.4. The third kappa shape index (κ3) is 7.74. The van der Waals surface area contributed by atoms with Gasteiger partial charge in [0.15, 0.2) is 23.0 Å². The summed E-state index contributed by atoms with van der Waals surface area (Å²) >= 11 is 0. The minimum Gasteiger partial charge on any atom is -0.493 e. The van der Waals surface area contributed by atoms with Crippen molar-refractivity contribution in [3.05, 3.63) is 89.0 Å². The van der Waals surface area contributed by atoms with Crippen LogP contribution in [-0.4, -0.2) is 80.7 Å². The summed E-state index contributed by atoms with van der Waals surface area (Å²) in [6.07, 6.45) is 8.65. The van der Waals surface area contributed by atoms with Crippen LogP contribution >= 0.6 is 21.6 Å². The van der Waals surface area contributed by atoms with Gasteiger partial charge in [-0.1, -0.05) is 45.9 Å². The van der Waals surface area contributed by atoms with Crippen molar-refractivity contribution < 1.29 is 33.3 Å². The molecule has 4 aromatic rings. The van der Waals surface area contributed by atoms with E-state index in [1.54, 1.807) is 69.0 Å². The van der Waals surface area contributed by atoms with Gasteiger partial charge in [0.2, 0.25) is 5.91 Å². The highest BCUT2D eigenvalue weighted by molar-refractivity contribution is 8.76. The number of benzene rings is 4. The summed E-state index contributed by atoms with van der Waals surface area (Å²) in [7, 11) is 6.54. The number of carbonyl (C=O) groups excluding carboxylic acids is 3. The van der Waals surface area contributed by atoms with Gasteiger partial charge in [-0.25, -0.2) is 0 Å². The van der Waals surface area contributed by atoms with Gasteiger partial charge in [-0.05, 0) is 68.0 Å². The first-order chi connectivity index (χ1) is 28.1. The molecule has 4 heterocycles. The molecule has 4 aliphatic heterocycles. The molecule has 0 radical (unpaired) electrons. The number of hydrogen-bond acceptors (Lipinski definition) is 11. The zero-order valence-corrected chi connectivity index (χ0v) is 34.7. The van der Waals surface area contributed by atoms with Crippen molar-refractivity contribution >= 4 is 80.2 Å². The molecule has 300 valence electrons. The fraction of sp³-hybridized carbons (Fsp3) is 0.341. The number of hydrogen-bond donors (Lipinski definition) is 1. The van der Waals surface area contributed by atoms with Gasteiger partial charge >= 0.3 is 0 Å². The van der Waals surface area contributed by atoms with Gasteiger partial charge in [-0.3, -0.25) is 34.2 Å². The molecule has 4 aromatic carbocycles. The quantitative estimate of drug-likeness (QED) is 0.0982. The molecule has 0 unspecified atom stereocenters. The van der Waals surface area contributed by atoms with E-state index in [1.165, 1.54) is 7.11 Å². The van der Waals surface area contributed by atoms with E-state index in [2.05, 4.69) is 19.2 Å². The second-order valence-electron chi connectivity index (χ2n) is 15.1. The van der Waals surface area contributed by atoms with Crippen LogP contribution in [0.4, 0.5) is 28.4 Å². The van der Waals surface area contributed by atoms with E-state index in [0.717, 1.165) is 28.9 Å². The zero-order valence-electron chi connectivity index (χ0n) is 33.1. The van der Waals surface area contributed by atoms with E-state index in [4.69, 9.17) is 28.9 Å². The van der Waals surface area contributed by atoms with Crippen molar-refractivity contribution in [1.82, 2.24) is 0 Å². The Kier molecular flexibility index (Phi) is 11.1. The van der Waals surface area contributed by atoms with Gasteiger partial charge in [0.25, 0.3) is 11.8 Å². The lowest BCUT2D eigenvalue weighted by molar-refractivity contribution is -0.116. The van der Waals surface area contributed by atoms with Crippen LogP contribution in [-0.2, 0) is 17.6 Å². The van der Waals surface area contributed by atoms with E-state index < -0.39 is 0 Å². The third-order valence-corrected chi connectivity index (χ3v) is 13.4. The Morgan fingerprint density at radius 2 is 1.34 bits per heavy atom. The number of fused-ring (bicyclic) bond motifs is 8. The Balaban J connectivity index is 0.909. The number of methoxy groups -OCH3 is 2. The number of nitrogens with zero attached hydrogens (tertiary/aromatic N) is 4. The third-order valence-electron chi connectivity index (χ3n) is 10.7. The number of carbonyl (C=O) groups is 3. The average molecular weight is 820 g/mol. The second-order valence-corrected chi connectivity index (χ2v) is 18.2. The van der Waals surface area contributed by atoms with Gasteiger partial charge in [-0.15, -0.1) is 0 Å². The topological polar surface area (TPSA) is 131 Å². The molecule has 4 aliphatic rings. The van der Waals surface area contributed by atoms with Crippen LogP contribution in [0.1, 0.15) is 65.0 Å². The highest BCUT2D eigenvalue weighted by Gasteiger charge is 2.38. The molecule has 8 rings (SSSR count). The minimum atomic E-state index is -0.277. The number of anilines is 3. The summed E-state index contributed by atoms with van der Waals surface area (Å²) in [4.78, 5) is 53.8. The number of ether oxygens (including phenoxy) is 4. The van der Waals surface area contributed by atoms with E-state index in [-0.39, 0.29) is 41.2 Å². The predicted octanol–water partition coefficient (Wildman–Crippen LogP) is 8.64. The monoisotopic (exact) mass is 819 g/mol. The lowest BCUT2D eigenvalue weighted by Gasteiger charge is -2.23. The predicted molar refractivity (Wildman–Crippen MR) is 232 cm³/mol. The summed E-state index contributed by atoms with van der Waals surface area (Å²) in [6.45, 7) is 4.87. The maximum atomic E-state index is 14.2. The maximum absolute atomic E-state index is 14.2. The summed E-state index contributed by atoms with van der Waals surface area (Å²) < 4.78 is 23.6. The van der Waals surface area contributed by atoms with E-state index in [0.29, 0.717) is 83.5 Å². The molecule has 0 spiro atoms. The Labute approximate surface area is 345 Å². The van der Waals surface area contributed by atoms with Gasteiger partial charge < -0.3 is 24.3 Å². The standard InChI is InChI=1S/C44H45N5O7S2/c1-44(2,58-57-5)14-13-41(50)47-28-12-11-27-18-30-25-46-34-23-40(38(54-4)21-32(34)43(52)49(30)36(27)19-28)56-16-8-15-55-39-22-33-31(20-37(39)53-3)42(51)48-29(24-45-33)17-26-9-6-7-10-35(26)48/h6-7,9-12,19-25,29-30H,8,13-18H2,1-5H3,(H,47,50)/t29-,30-/m0/s1. The minimum absolute atomic E-state index is 0.0155. The van der Waals surface area contributed by atoms with Crippen LogP contribution < -0.4 is 34.1 Å². The molecule has 12 nitrogen and oxygen atoms in total. The van der Waals surface area contributed by atoms with Crippen LogP contribution in [0, 0.1) is 0 Å². The average Bonchev–Trinajstić information content (AvgIpc) is 3.70.